The molecule has 0 saturated carbocycles. The predicted molar refractivity (Wildman–Crippen MR) is 121 cm³/mol. The van der Waals surface area contributed by atoms with E-state index in [0.29, 0.717) is 22.4 Å². The minimum absolute atomic E-state index is 0.0443. The molecule has 1 aliphatic rings. The van der Waals surface area contributed by atoms with E-state index in [4.69, 9.17) is 19.2 Å². The van der Waals surface area contributed by atoms with Crippen molar-refractivity contribution < 1.29 is 28.2 Å². The van der Waals surface area contributed by atoms with E-state index in [9.17, 15) is 9.18 Å². The molecule has 170 valence electrons. The number of aryl methyl sites for hydroxylation is 1. The van der Waals surface area contributed by atoms with Gasteiger partial charge in [-0.2, -0.15) is 5.48 Å². The van der Waals surface area contributed by atoms with Gasteiger partial charge in [-0.15, -0.1) is 0 Å². The van der Waals surface area contributed by atoms with Gasteiger partial charge in [0.1, 0.15) is 23.9 Å². The number of methoxy groups -OCH3 is 2. The van der Waals surface area contributed by atoms with Gasteiger partial charge in [-0.25, -0.2) is 9.38 Å². The van der Waals surface area contributed by atoms with Crippen LogP contribution in [0.15, 0.2) is 65.7 Å². The molecule has 4 rings (SSSR count). The summed E-state index contributed by atoms with van der Waals surface area (Å²) in [5.74, 6) is 0.978. The number of carbonyl (C=O) groups excluding carboxylic acids is 1. The van der Waals surface area contributed by atoms with Crippen molar-refractivity contribution in [2.75, 3.05) is 20.8 Å². The Bertz CT molecular complexity index is 1210. The number of benzene rings is 3. The van der Waals surface area contributed by atoms with E-state index in [1.165, 1.54) is 6.07 Å². The topological polar surface area (TPSA) is 78.4 Å². The second-order valence-corrected chi connectivity index (χ2v) is 7.49. The summed E-state index contributed by atoms with van der Waals surface area (Å²) in [4.78, 5) is 19.9. The molecule has 0 aliphatic carbocycles. The first kappa shape index (κ1) is 22.1. The highest BCUT2D eigenvalue weighted by Crippen LogP contribution is 2.41. The lowest BCUT2D eigenvalue weighted by Crippen LogP contribution is -2.27. The van der Waals surface area contributed by atoms with Crippen molar-refractivity contribution in [1.29, 1.82) is 0 Å². The number of rotatable bonds is 7. The van der Waals surface area contributed by atoms with Crippen LogP contribution < -0.4 is 15.0 Å². The molecule has 0 spiro atoms. The van der Waals surface area contributed by atoms with Crippen LogP contribution >= 0.6 is 0 Å². The van der Waals surface area contributed by atoms with Crippen molar-refractivity contribution >= 4 is 12.5 Å². The van der Waals surface area contributed by atoms with Gasteiger partial charge in [0.15, 0.2) is 5.54 Å². The minimum atomic E-state index is -1.01. The number of hydroxylamine groups is 1. The molecule has 1 unspecified atom stereocenters. The summed E-state index contributed by atoms with van der Waals surface area (Å²) in [7, 11) is 3.17. The Balaban J connectivity index is 1.87. The van der Waals surface area contributed by atoms with E-state index in [1.54, 1.807) is 44.6 Å². The monoisotopic (exact) mass is 450 g/mol. The second-order valence-electron chi connectivity index (χ2n) is 7.49. The van der Waals surface area contributed by atoms with Crippen molar-refractivity contribution in [1.82, 2.24) is 5.48 Å². The summed E-state index contributed by atoms with van der Waals surface area (Å²) in [6.45, 7) is 2.28. The maximum atomic E-state index is 14.9. The number of carbonyl (C=O) groups is 1. The zero-order valence-corrected chi connectivity index (χ0v) is 18.4. The van der Waals surface area contributed by atoms with E-state index in [-0.39, 0.29) is 24.9 Å². The number of nitrogens with one attached hydrogen (secondary N) is 1. The highest BCUT2D eigenvalue weighted by Gasteiger charge is 2.41. The average Bonchev–Trinajstić information content (AvgIpc) is 3.28. The third-order valence-electron chi connectivity index (χ3n) is 5.60. The summed E-state index contributed by atoms with van der Waals surface area (Å²) >= 11 is 0. The predicted octanol–water partition coefficient (Wildman–Crippen LogP) is 4.13. The van der Waals surface area contributed by atoms with Crippen LogP contribution in [0.4, 0.5) is 4.39 Å². The molecule has 1 atom stereocenters. The molecular formula is C25H23FN2O5. The van der Waals surface area contributed by atoms with Gasteiger partial charge < -0.3 is 19.0 Å². The first-order valence-corrected chi connectivity index (χ1v) is 10.2. The smallest absolute Gasteiger partial charge is 0.320 e. The largest absolute Gasteiger partial charge is 0.497 e. The number of hydrogen-bond acceptors (Lipinski definition) is 7. The molecule has 3 aromatic carbocycles. The normalized spacial score (nSPS) is 17.0. The average molecular weight is 450 g/mol. The quantitative estimate of drug-likeness (QED) is 0.431. The Hall–Kier alpha value is -4.07. The lowest BCUT2D eigenvalue weighted by atomic mass is 9.82. The van der Waals surface area contributed by atoms with E-state index in [1.807, 2.05) is 31.2 Å². The molecule has 3 aromatic rings. The fourth-order valence-corrected chi connectivity index (χ4v) is 3.93. The SMILES string of the molecule is COc1cccc(-c2cc(C3(c4ccc(OC)c(C)c4)COC(NOC=O)=N3)ccc2F)c1. The standard InChI is InChI=1S/C25H23FN2O5/c1-16-11-18(8-10-23(16)31-3)25(14-32-24(27-25)28-33-15-29)19-7-9-22(26)21(13-19)17-5-4-6-20(12-17)30-2/h4-13,15H,14H2,1-3H3,(H,27,28). The molecular weight excluding hydrogens is 427 g/mol. The number of halogens is 1. The molecule has 0 radical (unpaired) electrons. The molecule has 7 nitrogen and oxygen atoms in total. The maximum absolute atomic E-state index is 14.9. The van der Waals surface area contributed by atoms with Gasteiger partial charge >= 0.3 is 12.5 Å². The van der Waals surface area contributed by atoms with Crippen molar-refractivity contribution in [3.8, 4) is 22.6 Å². The van der Waals surface area contributed by atoms with Crippen LogP contribution in [0, 0.1) is 12.7 Å². The number of nitrogens with zero attached hydrogens (tertiary/aromatic N) is 1. The van der Waals surface area contributed by atoms with Crippen LogP contribution in [0.1, 0.15) is 16.7 Å². The molecule has 0 amide bonds. The van der Waals surface area contributed by atoms with E-state index >= 15 is 0 Å². The summed E-state index contributed by atoms with van der Waals surface area (Å²) in [6, 6.07) is 17.7. The fraction of sp³-hybridized carbons (Fsp3) is 0.200. The zero-order chi connectivity index (χ0) is 23.4. The zero-order valence-electron chi connectivity index (χ0n) is 18.4. The number of hydrogen-bond donors (Lipinski definition) is 1. The Kier molecular flexibility index (Phi) is 6.17. The van der Waals surface area contributed by atoms with Gasteiger partial charge in [0.25, 0.3) is 0 Å². The van der Waals surface area contributed by atoms with Crippen molar-refractivity contribution in [2.45, 2.75) is 12.5 Å². The van der Waals surface area contributed by atoms with Crippen LogP contribution in [-0.4, -0.2) is 33.3 Å². The third-order valence-corrected chi connectivity index (χ3v) is 5.60. The molecule has 1 N–H and O–H groups in total. The fourth-order valence-electron chi connectivity index (χ4n) is 3.93. The molecule has 1 heterocycles. The van der Waals surface area contributed by atoms with Gasteiger partial charge in [0, 0.05) is 5.56 Å². The van der Waals surface area contributed by atoms with Crippen LogP contribution in [-0.2, 0) is 19.9 Å². The Morgan fingerprint density at radius 1 is 1.06 bits per heavy atom. The second kappa shape index (κ2) is 9.20. The third kappa shape index (κ3) is 4.19. The number of ether oxygens (including phenoxy) is 3. The molecule has 8 heteroatoms. The first-order chi connectivity index (χ1) is 16.0. The highest BCUT2D eigenvalue weighted by atomic mass is 19.1. The molecule has 33 heavy (non-hydrogen) atoms. The molecule has 1 aliphatic heterocycles. The van der Waals surface area contributed by atoms with Crippen LogP contribution in [0.25, 0.3) is 11.1 Å². The van der Waals surface area contributed by atoms with Crippen LogP contribution in [0.2, 0.25) is 0 Å². The highest BCUT2D eigenvalue weighted by molar-refractivity contribution is 5.77. The summed E-state index contributed by atoms with van der Waals surface area (Å²) in [5, 5.41) is 0. The molecule has 0 aromatic heterocycles. The van der Waals surface area contributed by atoms with E-state index < -0.39 is 5.54 Å². The first-order valence-electron chi connectivity index (χ1n) is 10.2. The Morgan fingerprint density at radius 2 is 1.85 bits per heavy atom. The van der Waals surface area contributed by atoms with Crippen LogP contribution in [0.3, 0.4) is 0 Å². The lowest BCUT2D eigenvalue weighted by molar-refractivity contribution is -0.132. The van der Waals surface area contributed by atoms with E-state index in [0.717, 1.165) is 16.9 Å². The van der Waals surface area contributed by atoms with Gasteiger partial charge in [0.05, 0.1) is 14.2 Å². The van der Waals surface area contributed by atoms with Gasteiger partial charge in [-0.3, -0.25) is 4.79 Å². The van der Waals surface area contributed by atoms with Gasteiger partial charge in [-0.05, 0) is 65.6 Å². The molecule has 0 bridgehead atoms. The number of amidine groups is 1. The van der Waals surface area contributed by atoms with Gasteiger partial charge in [-0.1, -0.05) is 24.3 Å². The Morgan fingerprint density at radius 3 is 2.58 bits per heavy atom. The lowest BCUT2D eigenvalue weighted by Gasteiger charge is -2.26. The van der Waals surface area contributed by atoms with E-state index in [2.05, 4.69) is 10.3 Å². The Labute approximate surface area is 190 Å². The molecule has 0 fully saturated rings. The van der Waals surface area contributed by atoms with Gasteiger partial charge in [0.2, 0.25) is 0 Å². The summed E-state index contributed by atoms with van der Waals surface area (Å²) in [5.41, 5.74) is 4.86. The maximum Gasteiger partial charge on any atom is 0.320 e. The summed E-state index contributed by atoms with van der Waals surface area (Å²) < 4.78 is 31.3. The molecule has 0 saturated heterocycles. The van der Waals surface area contributed by atoms with Crippen molar-refractivity contribution in [3.63, 3.8) is 0 Å². The number of aliphatic imine (C=N–C) groups is 1. The summed E-state index contributed by atoms with van der Waals surface area (Å²) in [6.07, 6.45) is 0. The minimum Gasteiger partial charge on any atom is -0.497 e. The van der Waals surface area contributed by atoms with Crippen molar-refractivity contribution in [3.05, 3.63) is 83.2 Å². The van der Waals surface area contributed by atoms with Crippen molar-refractivity contribution in [2.24, 2.45) is 4.99 Å². The van der Waals surface area contributed by atoms with Crippen LogP contribution in [0.5, 0.6) is 11.5 Å².